The first-order valence-corrected chi connectivity index (χ1v) is 9.22. The Morgan fingerprint density at radius 1 is 1.00 bits per heavy atom. The minimum Gasteiger partial charge on any atom is -0.428 e. The monoisotopic (exact) mass is 358 g/mol. The van der Waals surface area contributed by atoms with E-state index in [4.69, 9.17) is 23.7 Å². The summed E-state index contributed by atoms with van der Waals surface area (Å²) < 4.78 is 29.4. The lowest BCUT2D eigenvalue weighted by atomic mass is 9.95. The van der Waals surface area contributed by atoms with Crippen molar-refractivity contribution in [2.45, 2.75) is 34.9 Å². The van der Waals surface area contributed by atoms with E-state index in [1.165, 1.54) is 0 Å². The highest BCUT2D eigenvalue weighted by Crippen LogP contribution is 2.57. The Morgan fingerprint density at radius 3 is 2.60 bits per heavy atom. The van der Waals surface area contributed by atoms with Crippen molar-refractivity contribution in [3.05, 3.63) is 47.5 Å². The highest BCUT2D eigenvalue weighted by Gasteiger charge is 2.47. The molecule has 0 aromatic heterocycles. The fourth-order valence-corrected chi connectivity index (χ4v) is 4.73. The van der Waals surface area contributed by atoms with Crippen molar-refractivity contribution in [2.75, 3.05) is 20.3 Å². The van der Waals surface area contributed by atoms with Gasteiger partial charge in [-0.25, -0.2) is 0 Å². The number of ether oxygens (including phenoxy) is 5. The summed E-state index contributed by atoms with van der Waals surface area (Å²) in [5, 5.41) is 0. The van der Waals surface area contributed by atoms with Crippen molar-refractivity contribution >= 4 is 11.8 Å². The van der Waals surface area contributed by atoms with E-state index in [9.17, 15) is 0 Å². The molecule has 25 heavy (non-hydrogen) atoms. The Kier molecular flexibility index (Phi) is 3.67. The average Bonchev–Trinajstić information content (AvgIpc) is 2.94. The molecule has 3 heterocycles. The summed E-state index contributed by atoms with van der Waals surface area (Å²) in [6.07, 6.45) is 1.98. The van der Waals surface area contributed by atoms with Crippen molar-refractivity contribution in [3.63, 3.8) is 0 Å². The Balaban J connectivity index is 1.72. The van der Waals surface area contributed by atoms with Crippen molar-refractivity contribution < 1.29 is 23.7 Å². The van der Waals surface area contributed by atoms with Gasteiger partial charge in [0.15, 0.2) is 11.5 Å². The fraction of sp³-hybridized carbons (Fsp3) is 0.368. The van der Waals surface area contributed by atoms with Crippen LogP contribution in [0.25, 0.3) is 0 Å². The maximum Gasteiger partial charge on any atom is 0.360 e. The Labute approximate surface area is 150 Å². The SMILES string of the molecule is COC1Oc2ccc3c(c2O1)Sc1ccccc1C31OCCCCO1. The lowest BCUT2D eigenvalue weighted by molar-refractivity contribution is -0.208. The van der Waals surface area contributed by atoms with E-state index in [2.05, 4.69) is 12.1 Å². The van der Waals surface area contributed by atoms with Crippen molar-refractivity contribution in [2.24, 2.45) is 0 Å². The summed E-state index contributed by atoms with van der Waals surface area (Å²) in [6.45, 7) is 0.604. The Hall–Kier alpha value is -1.73. The van der Waals surface area contributed by atoms with Crippen LogP contribution in [0.5, 0.6) is 11.5 Å². The van der Waals surface area contributed by atoms with Crippen LogP contribution in [0.3, 0.4) is 0 Å². The normalized spacial score (nSPS) is 23.0. The highest BCUT2D eigenvalue weighted by atomic mass is 32.2. The molecule has 0 bridgehead atoms. The first-order valence-electron chi connectivity index (χ1n) is 8.41. The standard InChI is InChI=1S/C19H18O5S/c1-20-18-23-14-9-8-13-17(16(14)24-18)25-15-7-3-2-6-12(15)19(13)21-10-4-5-11-22-19/h2-3,6-9,18H,4-5,10-11H2,1H3. The summed E-state index contributed by atoms with van der Waals surface area (Å²) in [5.74, 6) is 0.484. The second-order valence-electron chi connectivity index (χ2n) is 6.15. The Bertz CT molecular complexity index is 813. The van der Waals surface area contributed by atoms with Gasteiger partial charge in [-0.05, 0) is 31.0 Å². The molecular weight excluding hydrogens is 340 g/mol. The predicted octanol–water partition coefficient (Wildman–Crippen LogP) is 3.88. The fourth-order valence-electron chi connectivity index (χ4n) is 3.50. The van der Waals surface area contributed by atoms with Gasteiger partial charge in [-0.2, -0.15) is 0 Å². The van der Waals surface area contributed by atoms with Crippen LogP contribution in [0.2, 0.25) is 0 Å². The molecule has 0 aliphatic carbocycles. The molecule has 3 aliphatic rings. The lowest BCUT2D eigenvalue weighted by Crippen LogP contribution is -2.36. The van der Waals surface area contributed by atoms with Gasteiger partial charge in [0.1, 0.15) is 0 Å². The van der Waals surface area contributed by atoms with Crippen LogP contribution in [0.15, 0.2) is 46.2 Å². The van der Waals surface area contributed by atoms with Gasteiger partial charge in [0.25, 0.3) is 0 Å². The summed E-state index contributed by atoms with van der Waals surface area (Å²) in [5.41, 5.74) is 2.02. The zero-order valence-corrected chi connectivity index (χ0v) is 14.6. The second-order valence-corrected chi connectivity index (χ2v) is 7.20. The number of methoxy groups -OCH3 is 1. The lowest BCUT2D eigenvalue weighted by Gasteiger charge is -2.38. The van der Waals surface area contributed by atoms with E-state index >= 15 is 0 Å². The van der Waals surface area contributed by atoms with Gasteiger partial charge >= 0.3 is 6.48 Å². The molecule has 1 atom stereocenters. The topological polar surface area (TPSA) is 46.2 Å². The highest BCUT2D eigenvalue weighted by molar-refractivity contribution is 7.99. The van der Waals surface area contributed by atoms with Crippen LogP contribution < -0.4 is 9.47 Å². The molecule has 5 nitrogen and oxygen atoms in total. The maximum absolute atomic E-state index is 6.33. The summed E-state index contributed by atoms with van der Waals surface area (Å²) >= 11 is 1.65. The molecule has 3 aliphatic heterocycles. The third-order valence-electron chi connectivity index (χ3n) is 4.66. The van der Waals surface area contributed by atoms with Gasteiger partial charge in [-0.15, -0.1) is 0 Å². The number of benzene rings is 2. The van der Waals surface area contributed by atoms with E-state index in [0.717, 1.165) is 33.8 Å². The molecular formula is C19H18O5S. The van der Waals surface area contributed by atoms with Crippen LogP contribution in [0, 0.1) is 0 Å². The molecule has 130 valence electrons. The van der Waals surface area contributed by atoms with Crippen LogP contribution >= 0.6 is 11.8 Å². The summed E-state index contributed by atoms with van der Waals surface area (Å²) in [7, 11) is 1.56. The molecule has 2 aromatic carbocycles. The van der Waals surface area contributed by atoms with E-state index in [1.54, 1.807) is 18.9 Å². The van der Waals surface area contributed by atoms with Crippen molar-refractivity contribution in [1.82, 2.24) is 0 Å². The van der Waals surface area contributed by atoms with Crippen molar-refractivity contribution in [3.8, 4) is 11.5 Å². The van der Waals surface area contributed by atoms with Gasteiger partial charge in [-0.3, -0.25) is 0 Å². The van der Waals surface area contributed by atoms with Crippen LogP contribution in [-0.2, 0) is 20.0 Å². The first-order chi connectivity index (χ1) is 12.3. The largest absolute Gasteiger partial charge is 0.428 e. The molecule has 1 saturated heterocycles. The average molecular weight is 358 g/mol. The minimum absolute atomic E-state index is 0.660. The van der Waals surface area contributed by atoms with Crippen LogP contribution in [0.1, 0.15) is 24.0 Å². The van der Waals surface area contributed by atoms with E-state index < -0.39 is 12.3 Å². The summed E-state index contributed by atoms with van der Waals surface area (Å²) in [6, 6.07) is 12.1. The first kappa shape index (κ1) is 15.5. The molecule has 1 spiro atoms. The van der Waals surface area contributed by atoms with E-state index in [-0.39, 0.29) is 0 Å². The van der Waals surface area contributed by atoms with Crippen LogP contribution in [-0.4, -0.2) is 26.8 Å². The quantitative estimate of drug-likeness (QED) is 0.771. The number of hydrogen-bond donors (Lipinski definition) is 0. The number of rotatable bonds is 1. The van der Waals surface area contributed by atoms with Gasteiger partial charge in [0.05, 0.1) is 18.1 Å². The zero-order chi connectivity index (χ0) is 16.9. The zero-order valence-electron chi connectivity index (χ0n) is 13.8. The summed E-state index contributed by atoms with van der Waals surface area (Å²) in [4.78, 5) is 2.08. The molecule has 6 heteroatoms. The smallest absolute Gasteiger partial charge is 0.360 e. The maximum atomic E-state index is 6.33. The van der Waals surface area contributed by atoms with E-state index in [0.29, 0.717) is 24.7 Å². The minimum atomic E-state index is -0.892. The second kappa shape index (κ2) is 5.92. The van der Waals surface area contributed by atoms with Gasteiger partial charge in [0, 0.05) is 23.1 Å². The van der Waals surface area contributed by atoms with E-state index in [1.807, 2.05) is 24.3 Å². The van der Waals surface area contributed by atoms with Gasteiger partial charge in [0.2, 0.25) is 5.79 Å². The molecule has 2 aromatic rings. The molecule has 0 amide bonds. The third-order valence-corrected chi connectivity index (χ3v) is 5.85. The number of fused-ring (bicyclic) bond motifs is 6. The molecule has 1 fully saturated rings. The molecule has 0 saturated carbocycles. The Morgan fingerprint density at radius 2 is 1.80 bits per heavy atom. The van der Waals surface area contributed by atoms with Gasteiger partial charge < -0.3 is 23.7 Å². The van der Waals surface area contributed by atoms with Crippen LogP contribution in [0.4, 0.5) is 0 Å². The number of hydrogen-bond acceptors (Lipinski definition) is 6. The molecule has 0 N–H and O–H groups in total. The molecule has 1 unspecified atom stereocenters. The molecule has 5 rings (SSSR count). The van der Waals surface area contributed by atoms with Gasteiger partial charge in [-0.1, -0.05) is 30.0 Å². The van der Waals surface area contributed by atoms with Crippen molar-refractivity contribution in [1.29, 1.82) is 0 Å². The predicted molar refractivity (Wildman–Crippen MR) is 91.0 cm³/mol. The third kappa shape index (κ3) is 2.29. The molecule has 0 radical (unpaired) electrons.